The molecular formula is C15H12N2O2S. The van der Waals surface area contributed by atoms with Gasteiger partial charge in [-0.3, -0.25) is 14.5 Å². The molecule has 1 aromatic carbocycles. The van der Waals surface area contributed by atoms with Gasteiger partial charge in [0.15, 0.2) is 0 Å². The zero-order valence-electron chi connectivity index (χ0n) is 10.7. The molecule has 4 rings (SSSR count). The topological polar surface area (TPSA) is 50.3 Å². The van der Waals surface area contributed by atoms with Crippen molar-refractivity contribution in [3.63, 3.8) is 0 Å². The average molecular weight is 284 g/mol. The second-order valence-electron chi connectivity index (χ2n) is 5.19. The van der Waals surface area contributed by atoms with E-state index in [0.29, 0.717) is 18.5 Å². The number of aromatic nitrogens is 1. The average Bonchev–Trinajstić information content (AvgIpc) is 3.02. The van der Waals surface area contributed by atoms with Crippen LogP contribution in [0.25, 0.3) is 0 Å². The quantitative estimate of drug-likeness (QED) is 0.753. The van der Waals surface area contributed by atoms with E-state index in [0.717, 1.165) is 10.6 Å². The molecular weight excluding hydrogens is 272 g/mol. The Morgan fingerprint density at radius 3 is 2.50 bits per heavy atom. The number of carbonyl (C=O) groups is 2. The second kappa shape index (κ2) is 4.24. The molecule has 0 bridgehead atoms. The van der Waals surface area contributed by atoms with Crippen molar-refractivity contribution >= 4 is 28.8 Å². The van der Waals surface area contributed by atoms with Gasteiger partial charge in [-0.15, -0.1) is 11.3 Å². The number of fused-ring (bicyclic) bond motifs is 2. The molecule has 2 unspecified atom stereocenters. The molecule has 0 N–H and O–H groups in total. The van der Waals surface area contributed by atoms with Crippen LogP contribution in [0.2, 0.25) is 0 Å². The Balaban J connectivity index is 1.73. The van der Waals surface area contributed by atoms with Gasteiger partial charge in [-0.1, -0.05) is 18.2 Å². The van der Waals surface area contributed by atoms with Crippen LogP contribution in [0.5, 0.6) is 0 Å². The van der Waals surface area contributed by atoms with E-state index in [1.807, 2.05) is 18.2 Å². The molecule has 20 heavy (non-hydrogen) atoms. The summed E-state index contributed by atoms with van der Waals surface area (Å²) in [7, 11) is 0. The van der Waals surface area contributed by atoms with Crippen LogP contribution in [0, 0.1) is 11.8 Å². The van der Waals surface area contributed by atoms with E-state index in [1.165, 1.54) is 4.90 Å². The van der Waals surface area contributed by atoms with Crippen molar-refractivity contribution in [1.29, 1.82) is 0 Å². The number of para-hydroxylation sites is 1. The number of nitrogens with zero attached hydrogens (tertiary/aromatic N) is 2. The first-order chi connectivity index (χ1) is 9.75. The van der Waals surface area contributed by atoms with Gasteiger partial charge in [-0.25, -0.2) is 4.98 Å². The summed E-state index contributed by atoms with van der Waals surface area (Å²) in [6, 6.07) is 9.18. The van der Waals surface area contributed by atoms with Gasteiger partial charge in [-0.2, -0.15) is 0 Å². The molecule has 1 aliphatic heterocycles. The normalized spacial score (nSPS) is 24.7. The maximum absolute atomic E-state index is 12.6. The molecule has 2 amide bonds. The highest BCUT2D eigenvalue weighted by molar-refractivity contribution is 7.09. The number of hydrogen-bond acceptors (Lipinski definition) is 4. The minimum Gasteiger partial charge on any atom is -0.274 e. The molecule has 1 aromatic heterocycles. The number of anilines is 1. The fourth-order valence-corrected chi connectivity index (χ4v) is 3.96. The SMILES string of the molecule is O=C1C2Cc3ncsc3CC2C(=O)N1c1ccccc1. The lowest BCUT2D eigenvalue weighted by Gasteiger charge is -2.19. The molecule has 5 heteroatoms. The lowest BCUT2D eigenvalue weighted by molar-refractivity contribution is -0.122. The fourth-order valence-electron chi connectivity index (χ4n) is 3.11. The standard InChI is InChI=1S/C15H12N2O2S/c18-14-10-6-12-13(20-8-16-12)7-11(10)15(19)17(14)9-4-2-1-3-5-9/h1-5,8,10-11H,6-7H2. The van der Waals surface area contributed by atoms with Gasteiger partial charge in [0.2, 0.25) is 11.8 Å². The smallest absolute Gasteiger partial charge is 0.238 e. The Morgan fingerprint density at radius 1 is 1.05 bits per heavy atom. The van der Waals surface area contributed by atoms with Gasteiger partial charge in [0.05, 0.1) is 28.7 Å². The Morgan fingerprint density at radius 2 is 1.75 bits per heavy atom. The summed E-state index contributed by atoms with van der Waals surface area (Å²) in [6.45, 7) is 0. The van der Waals surface area contributed by atoms with Crippen LogP contribution in [-0.2, 0) is 22.4 Å². The van der Waals surface area contributed by atoms with Crippen LogP contribution >= 0.6 is 11.3 Å². The third kappa shape index (κ3) is 1.56. The Bertz CT molecular complexity index is 656. The van der Waals surface area contributed by atoms with Gasteiger partial charge >= 0.3 is 0 Å². The van der Waals surface area contributed by atoms with Crippen LogP contribution in [0.3, 0.4) is 0 Å². The highest BCUT2D eigenvalue weighted by atomic mass is 32.1. The Labute approximate surface area is 120 Å². The number of amides is 2. The third-order valence-corrected chi connectivity index (χ3v) is 5.02. The molecule has 2 heterocycles. The summed E-state index contributed by atoms with van der Waals surface area (Å²) >= 11 is 1.58. The van der Waals surface area contributed by atoms with Gasteiger partial charge < -0.3 is 0 Å². The first-order valence-electron chi connectivity index (χ1n) is 6.60. The predicted molar refractivity (Wildman–Crippen MR) is 75.4 cm³/mol. The highest BCUT2D eigenvalue weighted by Gasteiger charge is 2.50. The summed E-state index contributed by atoms with van der Waals surface area (Å²) in [5, 5.41) is 0. The maximum Gasteiger partial charge on any atom is 0.238 e. The third-order valence-electron chi connectivity index (χ3n) is 4.12. The molecule has 0 saturated carbocycles. The van der Waals surface area contributed by atoms with Crippen molar-refractivity contribution in [3.05, 3.63) is 46.4 Å². The number of rotatable bonds is 1. The minimum atomic E-state index is -0.239. The summed E-state index contributed by atoms with van der Waals surface area (Å²) in [4.78, 5) is 32.0. The van der Waals surface area contributed by atoms with Crippen molar-refractivity contribution in [1.82, 2.24) is 4.98 Å². The lowest BCUT2D eigenvalue weighted by atomic mass is 9.82. The van der Waals surface area contributed by atoms with Crippen molar-refractivity contribution in [3.8, 4) is 0 Å². The monoisotopic (exact) mass is 284 g/mol. The van der Waals surface area contributed by atoms with Crippen molar-refractivity contribution in [2.45, 2.75) is 12.8 Å². The van der Waals surface area contributed by atoms with E-state index in [-0.39, 0.29) is 23.7 Å². The van der Waals surface area contributed by atoms with E-state index < -0.39 is 0 Å². The summed E-state index contributed by atoms with van der Waals surface area (Å²) in [5.74, 6) is -0.594. The van der Waals surface area contributed by atoms with Gasteiger partial charge in [0.1, 0.15) is 0 Å². The highest BCUT2D eigenvalue weighted by Crippen LogP contribution is 2.40. The first kappa shape index (κ1) is 11.8. The molecule has 100 valence electrons. The number of benzene rings is 1. The molecule has 0 radical (unpaired) electrons. The molecule has 1 aliphatic carbocycles. The number of hydrogen-bond donors (Lipinski definition) is 0. The van der Waals surface area contributed by atoms with E-state index >= 15 is 0 Å². The maximum atomic E-state index is 12.6. The van der Waals surface area contributed by atoms with Crippen LogP contribution in [0.15, 0.2) is 35.8 Å². The van der Waals surface area contributed by atoms with Crippen molar-refractivity contribution in [2.24, 2.45) is 11.8 Å². The molecule has 4 nitrogen and oxygen atoms in total. The number of carbonyl (C=O) groups excluding carboxylic acids is 2. The molecule has 2 atom stereocenters. The summed E-state index contributed by atoms with van der Waals surface area (Å²) in [6.07, 6.45) is 1.25. The molecule has 1 saturated heterocycles. The van der Waals surface area contributed by atoms with E-state index in [1.54, 1.807) is 29.0 Å². The van der Waals surface area contributed by atoms with Crippen LogP contribution in [-0.4, -0.2) is 16.8 Å². The predicted octanol–water partition coefficient (Wildman–Crippen LogP) is 2.05. The van der Waals surface area contributed by atoms with E-state index in [2.05, 4.69) is 4.98 Å². The molecule has 0 spiro atoms. The van der Waals surface area contributed by atoms with E-state index in [9.17, 15) is 9.59 Å². The van der Waals surface area contributed by atoms with Gasteiger partial charge in [-0.05, 0) is 18.6 Å². The van der Waals surface area contributed by atoms with Crippen molar-refractivity contribution in [2.75, 3.05) is 4.90 Å². The number of thiazole rings is 1. The first-order valence-corrected chi connectivity index (χ1v) is 7.48. The van der Waals surface area contributed by atoms with Crippen LogP contribution in [0.4, 0.5) is 5.69 Å². The van der Waals surface area contributed by atoms with Crippen molar-refractivity contribution < 1.29 is 9.59 Å². The lowest BCUT2D eigenvalue weighted by Crippen LogP contribution is -2.30. The zero-order chi connectivity index (χ0) is 13.7. The number of imide groups is 1. The molecule has 2 aromatic rings. The molecule has 2 aliphatic rings. The molecule has 1 fully saturated rings. The van der Waals surface area contributed by atoms with Crippen LogP contribution < -0.4 is 4.90 Å². The van der Waals surface area contributed by atoms with Crippen LogP contribution in [0.1, 0.15) is 10.6 Å². The second-order valence-corrected chi connectivity index (χ2v) is 6.13. The van der Waals surface area contributed by atoms with Gasteiger partial charge in [0.25, 0.3) is 0 Å². The summed E-state index contributed by atoms with van der Waals surface area (Å²) in [5.41, 5.74) is 3.47. The fraction of sp³-hybridized carbons (Fsp3) is 0.267. The van der Waals surface area contributed by atoms with Gasteiger partial charge in [0, 0.05) is 11.3 Å². The largest absolute Gasteiger partial charge is 0.274 e. The summed E-state index contributed by atoms with van der Waals surface area (Å²) < 4.78 is 0. The Hall–Kier alpha value is -2.01. The zero-order valence-corrected chi connectivity index (χ0v) is 11.5. The van der Waals surface area contributed by atoms with E-state index in [4.69, 9.17) is 0 Å². The minimum absolute atomic E-state index is 0.0646. The Kier molecular flexibility index (Phi) is 2.50.